The molecule has 18 heavy (non-hydrogen) atoms. The summed E-state index contributed by atoms with van der Waals surface area (Å²) in [6.07, 6.45) is 0. The first-order valence-electron chi connectivity index (χ1n) is 6.64. The van der Waals surface area contributed by atoms with Crippen LogP contribution in [0.4, 0.5) is 5.69 Å². The molecule has 0 aliphatic rings. The molecule has 0 aliphatic carbocycles. The Labute approximate surface area is 116 Å². The molecule has 0 radical (unpaired) electrons. The molecule has 0 saturated heterocycles. The van der Waals surface area contributed by atoms with Gasteiger partial charge in [0.2, 0.25) is 0 Å². The molecule has 0 unspecified atom stereocenters. The van der Waals surface area contributed by atoms with Gasteiger partial charge >= 0.3 is 0 Å². The van der Waals surface area contributed by atoms with Gasteiger partial charge in [-0.3, -0.25) is 4.90 Å². The molecule has 0 aliphatic heterocycles. The van der Waals surface area contributed by atoms with E-state index < -0.39 is 0 Å². The van der Waals surface area contributed by atoms with Crippen molar-refractivity contribution in [1.82, 2.24) is 4.90 Å². The van der Waals surface area contributed by atoms with Gasteiger partial charge < -0.3 is 5.73 Å². The van der Waals surface area contributed by atoms with Crippen molar-refractivity contribution in [3.05, 3.63) is 28.8 Å². The van der Waals surface area contributed by atoms with E-state index in [0.29, 0.717) is 11.8 Å². The van der Waals surface area contributed by atoms with Crippen LogP contribution in [0.5, 0.6) is 0 Å². The van der Waals surface area contributed by atoms with Crippen molar-refractivity contribution >= 4 is 17.3 Å². The van der Waals surface area contributed by atoms with Crippen molar-refractivity contribution in [2.75, 3.05) is 18.8 Å². The number of benzene rings is 1. The van der Waals surface area contributed by atoms with Gasteiger partial charge in [-0.25, -0.2) is 0 Å². The second-order valence-electron chi connectivity index (χ2n) is 5.87. The lowest BCUT2D eigenvalue weighted by Crippen LogP contribution is -2.30. The minimum atomic E-state index is 0.667. The summed E-state index contributed by atoms with van der Waals surface area (Å²) < 4.78 is 0. The van der Waals surface area contributed by atoms with Crippen molar-refractivity contribution in [3.8, 4) is 0 Å². The summed E-state index contributed by atoms with van der Waals surface area (Å²) in [6.45, 7) is 12.1. The van der Waals surface area contributed by atoms with E-state index in [4.69, 9.17) is 17.3 Å². The molecule has 102 valence electrons. The lowest BCUT2D eigenvalue weighted by molar-refractivity contribution is 0.211. The van der Waals surface area contributed by atoms with Crippen molar-refractivity contribution < 1.29 is 0 Å². The van der Waals surface area contributed by atoms with Crippen LogP contribution in [0.2, 0.25) is 5.02 Å². The summed E-state index contributed by atoms with van der Waals surface area (Å²) in [6, 6.07) is 5.81. The van der Waals surface area contributed by atoms with Gasteiger partial charge in [0.25, 0.3) is 0 Å². The van der Waals surface area contributed by atoms with Crippen LogP contribution in [-0.2, 0) is 6.54 Å². The second kappa shape index (κ2) is 7.01. The maximum absolute atomic E-state index is 6.05. The van der Waals surface area contributed by atoms with Crippen LogP contribution >= 0.6 is 11.6 Å². The maximum Gasteiger partial charge on any atom is 0.0429 e. The molecular weight excluding hydrogens is 244 g/mol. The molecule has 1 rings (SSSR count). The van der Waals surface area contributed by atoms with Gasteiger partial charge in [0, 0.05) is 30.3 Å². The molecule has 0 atom stereocenters. The van der Waals surface area contributed by atoms with E-state index in [9.17, 15) is 0 Å². The van der Waals surface area contributed by atoms with Crippen LogP contribution in [0.15, 0.2) is 18.2 Å². The molecule has 0 bridgehead atoms. The third kappa shape index (κ3) is 5.74. The predicted molar refractivity (Wildman–Crippen MR) is 80.8 cm³/mol. The number of hydrogen-bond donors (Lipinski definition) is 1. The molecule has 0 amide bonds. The molecule has 0 saturated carbocycles. The second-order valence-corrected chi connectivity index (χ2v) is 6.31. The van der Waals surface area contributed by atoms with Crippen molar-refractivity contribution in [1.29, 1.82) is 0 Å². The van der Waals surface area contributed by atoms with E-state index in [1.54, 1.807) is 6.07 Å². The fourth-order valence-electron chi connectivity index (χ4n) is 2.26. The maximum atomic E-state index is 6.05. The topological polar surface area (TPSA) is 29.3 Å². The normalized spacial score (nSPS) is 11.8. The minimum Gasteiger partial charge on any atom is -0.399 e. The average molecular weight is 269 g/mol. The van der Waals surface area contributed by atoms with Crippen molar-refractivity contribution in [3.63, 3.8) is 0 Å². The number of rotatable bonds is 6. The molecule has 0 aromatic heterocycles. The van der Waals surface area contributed by atoms with Crippen LogP contribution in [0, 0.1) is 11.8 Å². The Hall–Kier alpha value is -0.730. The minimum absolute atomic E-state index is 0.667. The smallest absolute Gasteiger partial charge is 0.0429 e. The standard InChI is InChI=1S/C15H25ClN2/c1-11(2)8-18(9-12(3)4)10-13-5-14(16)7-15(17)6-13/h5-7,11-12H,8-10,17H2,1-4H3. The SMILES string of the molecule is CC(C)CN(Cc1cc(N)cc(Cl)c1)CC(C)C. The summed E-state index contributed by atoms with van der Waals surface area (Å²) in [4.78, 5) is 2.47. The number of nitrogens with zero attached hydrogens (tertiary/aromatic N) is 1. The third-order valence-corrected chi connectivity index (χ3v) is 2.85. The first kappa shape index (κ1) is 15.3. The number of anilines is 1. The van der Waals surface area contributed by atoms with Crippen LogP contribution in [0.1, 0.15) is 33.3 Å². The molecule has 0 heterocycles. The Morgan fingerprint density at radius 2 is 1.61 bits per heavy atom. The van der Waals surface area contributed by atoms with E-state index in [0.717, 1.165) is 30.3 Å². The Balaban J connectivity index is 2.74. The summed E-state index contributed by atoms with van der Waals surface area (Å²) in [7, 11) is 0. The monoisotopic (exact) mass is 268 g/mol. The highest BCUT2D eigenvalue weighted by Crippen LogP contribution is 2.19. The van der Waals surface area contributed by atoms with E-state index in [1.807, 2.05) is 12.1 Å². The van der Waals surface area contributed by atoms with E-state index in [-0.39, 0.29) is 0 Å². The van der Waals surface area contributed by atoms with Crippen molar-refractivity contribution in [2.45, 2.75) is 34.2 Å². The predicted octanol–water partition coefficient (Wildman–Crippen LogP) is 4.04. The molecule has 3 heteroatoms. The van der Waals surface area contributed by atoms with Gasteiger partial charge in [0.05, 0.1) is 0 Å². The zero-order chi connectivity index (χ0) is 13.7. The average Bonchev–Trinajstić information content (AvgIpc) is 2.12. The molecule has 0 fully saturated rings. The Morgan fingerprint density at radius 3 is 2.06 bits per heavy atom. The van der Waals surface area contributed by atoms with Crippen LogP contribution < -0.4 is 5.73 Å². The quantitative estimate of drug-likeness (QED) is 0.789. The van der Waals surface area contributed by atoms with Gasteiger partial charge in [-0.15, -0.1) is 0 Å². The van der Waals surface area contributed by atoms with E-state index in [1.165, 1.54) is 5.56 Å². The summed E-state index contributed by atoms with van der Waals surface area (Å²) in [5, 5.41) is 0.721. The lowest BCUT2D eigenvalue weighted by atomic mass is 10.1. The lowest BCUT2D eigenvalue weighted by Gasteiger charge is -2.26. The van der Waals surface area contributed by atoms with E-state index >= 15 is 0 Å². The highest BCUT2D eigenvalue weighted by atomic mass is 35.5. The highest BCUT2D eigenvalue weighted by Gasteiger charge is 2.10. The van der Waals surface area contributed by atoms with Crippen LogP contribution in [0.3, 0.4) is 0 Å². The largest absolute Gasteiger partial charge is 0.399 e. The zero-order valence-corrected chi connectivity index (χ0v) is 12.7. The van der Waals surface area contributed by atoms with Gasteiger partial charge in [0.1, 0.15) is 0 Å². The molecule has 2 nitrogen and oxygen atoms in total. The summed E-state index contributed by atoms with van der Waals surface area (Å²) in [5.41, 5.74) is 7.77. The molecule has 2 N–H and O–H groups in total. The molecular formula is C15H25ClN2. The zero-order valence-electron chi connectivity index (χ0n) is 11.9. The van der Waals surface area contributed by atoms with E-state index in [2.05, 4.69) is 32.6 Å². The number of nitrogens with two attached hydrogens (primary N) is 1. The Bertz CT molecular complexity index is 345. The van der Waals surface area contributed by atoms with Crippen LogP contribution in [-0.4, -0.2) is 18.0 Å². The first-order valence-corrected chi connectivity index (χ1v) is 7.02. The van der Waals surface area contributed by atoms with Gasteiger partial charge in [0.15, 0.2) is 0 Å². The first-order chi connectivity index (χ1) is 8.36. The molecule has 1 aromatic rings. The fourth-order valence-corrected chi connectivity index (χ4v) is 2.53. The van der Waals surface area contributed by atoms with Gasteiger partial charge in [-0.1, -0.05) is 39.3 Å². The Morgan fingerprint density at radius 1 is 1.06 bits per heavy atom. The highest BCUT2D eigenvalue weighted by molar-refractivity contribution is 6.30. The van der Waals surface area contributed by atoms with Gasteiger partial charge in [-0.05, 0) is 35.6 Å². The summed E-state index contributed by atoms with van der Waals surface area (Å²) >= 11 is 6.05. The number of nitrogen functional groups attached to an aromatic ring is 1. The molecule has 0 spiro atoms. The summed E-state index contributed by atoms with van der Waals surface area (Å²) in [5.74, 6) is 1.33. The molecule has 1 aromatic carbocycles. The Kier molecular flexibility index (Phi) is 5.97. The van der Waals surface area contributed by atoms with Crippen molar-refractivity contribution in [2.24, 2.45) is 11.8 Å². The van der Waals surface area contributed by atoms with Gasteiger partial charge in [-0.2, -0.15) is 0 Å². The van der Waals surface area contributed by atoms with Crippen LogP contribution in [0.25, 0.3) is 0 Å². The number of halogens is 1. The third-order valence-electron chi connectivity index (χ3n) is 2.63. The fraction of sp³-hybridized carbons (Fsp3) is 0.600. The number of hydrogen-bond acceptors (Lipinski definition) is 2.